The molecule has 3 aromatic rings. The largest absolute Gasteiger partial charge is 0.335 e. The lowest BCUT2D eigenvalue weighted by atomic mass is 10.1. The Bertz CT molecular complexity index is 812. The molecule has 1 aromatic carbocycles. The van der Waals surface area contributed by atoms with E-state index in [1.807, 2.05) is 31.2 Å². The Labute approximate surface area is 133 Å². The molecule has 5 nitrogen and oxygen atoms in total. The summed E-state index contributed by atoms with van der Waals surface area (Å²) in [6, 6.07) is 11.0. The van der Waals surface area contributed by atoms with Gasteiger partial charge < -0.3 is 4.90 Å². The number of rotatable bonds is 3. The number of amides is 1. The first-order chi connectivity index (χ1) is 10.6. The molecule has 0 saturated carbocycles. The number of benzene rings is 1. The summed E-state index contributed by atoms with van der Waals surface area (Å²) in [7, 11) is 1.79. The van der Waals surface area contributed by atoms with Crippen molar-refractivity contribution < 1.29 is 4.79 Å². The monoisotopic (exact) mass is 314 g/mol. The molecule has 3 rings (SSSR count). The van der Waals surface area contributed by atoms with Crippen LogP contribution in [-0.4, -0.2) is 32.5 Å². The number of fused-ring (bicyclic) bond motifs is 1. The van der Waals surface area contributed by atoms with E-state index >= 15 is 0 Å². The lowest BCUT2D eigenvalue weighted by molar-refractivity contribution is 0.0742. The number of nitrogens with zero attached hydrogens (tertiary/aromatic N) is 4. The Balaban J connectivity index is 1.85. The number of halogens is 1. The first-order valence-electron chi connectivity index (χ1n) is 6.88. The van der Waals surface area contributed by atoms with Crippen molar-refractivity contribution in [2.45, 2.75) is 13.0 Å². The molecule has 0 N–H and O–H groups in total. The highest BCUT2D eigenvalue weighted by molar-refractivity contribution is 6.30. The fourth-order valence-electron chi connectivity index (χ4n) is 2.30. The van der Waals surface area contributed by atoms with Gasteiger partial charge in [-0.05, 0) is 36.8 Å². The van der Waals surface area contributed by atoms with E-state index in [0.29, 0.717) is 16.2 Å². The van der Waals surface area contributed by atoms with Gasteiger partial charge in [0.2, 0.25) is 0 Å². The molecule has 1 atom stereocenters. The predicted molar refractivity (Wildman–Crippen MR) is 84.9 cm³/mol. The second-order valence-electron chi connectivity index (χ2n) is 5.16. The highest BCUT2D eigenvalue weighted by atomic mass is 35.5. The molecule has 2 aromatic heterocycles. The Morgan fingerprint density at radius 1 is 1.23 bits per heavy atom. The van der Waals surface area contributed by atoms with Crippen molar-refractivity contribution in [3.05, 3.63) is 65.1 Å². The van der Waals surface area contributed by atoms with Gasteiger partial charge in [-0.2, -0.15) is 0 Å². The number of pyridine rings is 1. The lowest BCUT2D eigenvalue weighted by Gasteiger charge is -2.25. The minimum atomic E-state index is -0.0574. The number of carbonyl (C=O) groups is 1. The third-order valence-corrected chi connectivity index (χ3v) is 4.04. The van der Waals surface area contributed by atoms with Crippen molar-refractivity contribution in [1.29, 1.82) is 0 Å². The van der Waals surface area contributed by atoms with Crippen LogP contribution in [0.1, 0.15) is 28.9 Å². The van der Waals surface area contributed by atoms with Gasteiger partial charge in [0.25, 0.3) is 5.91 Å². The lowest BCUT2D eigenvalue weighted by Crippen LogP contribution is -2.29. The molecule has 0 spiro atoms. The molecule has 6 heteroatoms. The summed E-state index contributed by atoms with van der Waals surface area (Å²) in [5.41, 5.74) is 2.34. The smallest absolute Gasteiger partial charge is 0.255 e. The number of hydrogen-bond donors (Lipinski definition) is 0. The van der Waals surface area contributed by atoms with Gasteiger partial charge in [-0.15, -0.1) is 10.2 Å². The van der Waals surface area contributed by atoms with Crippen molar-refractivity contribution in [3.8, 4) is 0 Å². The van der Waals surface area contributed by atoms with Gasteiger partial charge in [0.15, 0.2) is 5.65 Å². The molecule has 0 bridgehead atoms. The molecule has 0 saturated heterocycles. The second kappa shape index (κ2) is 5.77. The van der Waals surface area contributed by atoms with Gasteiger partial charge in [0.05, 0.1) is 11.6 Å². The number of carbonyl (C=O) groups excluding carboxylic acids is 1. The van der Waals surface area contributed by atoms with Crippen molar-refractivity contribution >= 4 is 23.2 Å². The molecule has 22 heavy (non-hydrogen) atoms. The van der Waals surface area contributed by atoms with Gasteiger partial charge in [-0.3, -0.25) is 9.20 Å². The fraction of sp³-hybridized carbons (Fsp3) is 0.188. The van der Waals surface area contributed by atoms with E-state index in [1.165, 1.54) is 0 Å². The van der Waals surface area contributed by atoms with E-state index in [-0.39, 0.29) is 11.9 Å². The summed E-state index contributed by atoms with van der Waals surface area (Å²) in [5.74, 6) is -0.0574. The zero-order chi connectivity index (χ0) is 15.7. The van der Waals surface area contributed by atoms with Gasteiger partial charge in [-0.25, -0.2) is 0 Å². The summed E-state index contributed by atoms with van der Waals surface area (Å²) in [5, 5.41) is 8.43. The number of hydrogen-bond acceptors (Lipinski definition) is 3. The maximum Gasteiger partial charge on any atom is 0.255 e. The van der Waals surface area contributed by atoms with Crippen LogP contribution < -0.4 is 0 Å². The standard InChI is InChI=1S/C16H15ClN4O/c1-11(12-3-6-14(17)7-4-12)20(2)16(22)13-5-8-15-19-18-10-21(15)9-13/h3-11H,1-2H3/t11-/m1/s1. The van der Waals surface area contributed by atoms with E-state index in [9.17, 15) is 4.79 Å². The van der Waals surface area contributed by atoms with E-state index in [2.05, 4.69) is 10.2 Å². The topological polar surface area (TPSA) is 50.5 Å². The summed E-state index contributed by atoms with van der Waals surface area (Å²) in [6.45, 7) is 1.98. The van der Waals surface area contributed by atoms with Crippen LogP contribution in [0.3, 0.4) is 0 Å². The molecule has 0 radical (unpaired) electrons. The summed E-state index contributed by atoms with van der Waals surface area (Å²) >= 11 is 5.90. The van der Waals surface area contributed by atoms with Crippen LogP contribution in [0.4, 0.5) is 0 Å². The number of aromatic nitrogens is 3. The maximum absolute atomic E-state index is 12.6. The van der Waals surface area contributed by atoms with Gasteiger partial charge >= 0.3 is 0 Å². The highest BCUT2D eigenvalue weighted by Crippen LogP contribution is 2.22. The van der Waals surface area contributed by atoms with Crippen LogP contribution in [0.2, 0.25) is 5.02 Å². The molecule has 1 amide bonds. The van der Waals surface area contributed by atoms with E-state index in [1.54, 1.807) is 41.0 Å². The minimum Gasteiger partial charge on any atom is -0.335 e. The van der Waals surface area contributed by atoms with Crippen molar-refractivity contribution in [2.24, 2.45) is 0 Å². The summed E-state index contributed by atoms with van der Waals surface area (Å²) in [6.07, 6.45) is 3.32. The average molecular weight is 315 g/mol. The van der Waals surface area contributed by atoms with Crippen molar-refractivity contribution in [1.82, 2.24) is 19.5 Å². The highest BCUT2D eigenvalue weighted by Gasteiger charge is 2.19. The zero-order valence-electron chi connectivity index (χ0n) is 12.3. The van der Waals surface area contributed by atoms with Gasteiger partial charge in [0.1, 0.15) is 6.33 Å². The van der Waals surface area contributed by atoms with E-state index < -0.39 is 0 Å². The van der Waals surface area contributed by atoms with Crippen LogP contribution in [0.5, 0.6) is 0 Å². The zero-order valence-corrected chi connectivity index (χ0v) is 13.0. The first-order valence-corrected chi connectivity index (χ1v) is 7.26. The average Bonchev–Trinajstić information content (AvgIpc) is 3.01. The minimum absolute atomic E-state index is 0.0543. The van der Waals surface area contributed by atoms with Crippen LogP contribution >= 0.6 is 11.6 Å². The van der Waals surface area contributed by atoms with Crippen molar-refractivity contribution in [3.63, 3.8) is 0 Å². The normalized spacial score (nSPS) is 12.3. The fourth-order valence-corrected chi connectivity index (χ4v) is 2.42. The summed E-state index contributed by atoms with van der Waals surface area (Å²) < 4.78 is 1.73. The Kier molecular flexibility index (Phi) is 3.81. The van der Waals surface area contributed by atoms with E-state index in [0.717, 1.165) is 5.56 Å². The maximum atomic E-state index is 12.6. The third kappa shape index (κ3) is 2.67. The molecule has 112 valence electrons. The van der Waals surface area contributed by atoms with Gasteiger partial charge in [0, 0.05) is 18.3 Å². The molecule has 0 aliphatic rings. The first kappa shape index (κ1) is 14.5. The van der Waals surface area contributed by atoms with Crippen LogP contribution in [0, 0.1) is 0 Å². The molecule has 2 heterocycles. The van der Waals surface area contributed by atoms with Crippen LogP contribution in [0.25, 0.3) is 5.65 Å². The molecular weight excluding hydrogens is 300 g/mol. The van der Waals surface area contributed by atoms with Crippen LogP contribution in [0.15, 0.2) is 48.9 Å². The quantitative estimate of drug-likeness (QED) is 0.746. The third-order valence-electron chi connectivity index (χ3n) is 3.79. The van der Waals surface area contributed by atoms with Crippen molar-refractivity contribution in [2.75, 3.05) is 7.05 Å². The molecule has 0 unspecified atom stereocenters. The Morgan fingerprint density at radius 2 is 1.95 bits per heavy atom. The molecule has 0 aliphatic heterocycles. The second-order valence-corrected chi connectivity index (χ2v) is 5.59. The predicted octanol–water partition coefficient (Wildman–Crippen LogP) is 3.22. The molecule has 0 aliphatic carbocycles. The summed E-state index contributed by atoms with van der Waals surface area (Å²) in [4.78, 5) is 14.3. The molecule has 0 fully saturated rings. The van der Waals surface area contributed by atoms with Crippen LogP contribution in [-0.2, 0) is 0 Å². The molecular formula is C16H15ClN4O. The Hall–Kier alpha value is -2.40. The van der Waals surface area contributed by atoms with Gasteiger partial charge in [-0.1, -0.05) is 23.7 Å². The Morgan fingerprint density at radius 3 is 2.68 bits per heavy atom. The SMILES string of the molecule is C[C@H](c1ccc(Cl)cc1)N(C)C(=O)c1ccc2nncn2c1. The van der Waals surface area contributed by atoms with E-state index in [4.69, 9.17) is 11.6 Å².